The lowest BCUT2D eigenvalue weighted by molar-refractivity contribution is -0.138. The molecule has 6 nitrogen and oxygen atoms in total. The van der Waals surface area contributed by atoms with Crippen molar-refractivity contribution in [1.82, 2.24) is 10.6 Å². The maximum Gasteiger partial charge on any atom is 0.309 e. The van der Waals surface area contributed by atoms with Gasteiger partial charge in [0, 0.05) is 20.2 Å². The molecule has 0 aliphatic heterocycles. The molecule has 0 fully saturated rings. The maximum absolute atomic E-state index is 11.2. The average Bonchev–Trinajstić information content (AvgIpc) is 2.60. The third-order valence-corrected chi connectivity index (χ3v) is 3.51. The number of hydrogen-bond donors (Lipinski definition) is 2. The predicted octanol–water partition coefficient (Wildman–Crippen LogP) is 2.46. The molecule has 0 aromatic heterocycles. The van der Waals surface area contributed by atoms with Crippen LogP contribution >= 0.6 is 0 Å². The molecule has 0 rings (SSSR count). The summed E-state index contributed by atoms with van der Waals surface area (Å²) in [7, 11) is 1.44. The first-order valence-electron chi connectivity index (χ1n) is 8.82. The summed E-state index contributed by atoms with van der Waals surface area (Å²) in [5.41, 5.74) is 0. The molecule has 0 heterocycles. The Labute approximate surface area is 145 Å². The number of carbonyl (C=O) groups excluding carboxylic acids is 2. The molecule has 24 heavy (non-hydrogen) atoms. The number of likely N-dealkylation sites (N-methyl/N-ethyl adjacent to an activating group) is 1. The van der Waals surface area contributed by atoms with Gasteiger partial charge < -0.3 is 15.4 Å². The van der Waals surface area contributed by atoms with Crippen molar-refractivity contribution < 1.29 is 14.3 Å². The fourth-order valence-electron chi connectivity index (χ4n) is 2.13. The summed E-state index contributed by atoms with van der Waals surface area (Å²) in [6.45, 7) is 1.43. The summed E-state index contributed by atoms with van der Waals surface area (Å²) in [5, 5.41) is 13.2. The summed E-state index contributed by atoms with van der Waals surface area (Å²) in [4.78, 5) is 22.1. The number of nitrogens with one attached hydrogen (secondary N) is 2. The maximum atomic E-state index is 11.2. The van der Waals surface area contributed by atoms with Gasteiger partial charge in [-0.15, -0.1) is 0 Å². The second-order valence-corrected chi connectivity index (χ2v) is 5.57. The van der Waals surface area contributed by atoms with E-state index in [-0.39, 0.29) is 6.61 Å². The summed E-state index contributed by atoms with van der Waals surface area (Å²) in [6.07, 6.45) is 14.3. The van der Waals surface area contributed by atoms with E-state index in [1.165, 1.54) is 26.3 Å². The van der Waals surface area contributed by atoms with Crippen molar-refractivity contribution >= 4 is 11.8 Å². The van der Waals surface area contributed by atoms with Gasteiger partial charge >= 0.3 is 11.8 Å². The van der Waals surface area contributed by atoms with Crippen molar-refractivity contribution in [2.24, 2.45) is 0 Å². The fourth-order valence-corrected chi connectivity index (χ4v) is 2.13. The minimum Gasteiger partial charge on any atom is -0.367 e. The Bertz CT molecular complexity index is 403. The Morgan fingerprint density at radius 1 is 0.958 bits per heavy atom. The number of amides is 2. The van der Waals surface area contributed by atoms with Gasteiger partial charge in [-0.1, -0.05) is 31.4 Å². The average molecular weight is 337 g/mol. The number of ether oxygens (including phenoxy) is 1. The van der Waals surface area contributed by atoms with E-state index < -0.39 is 11.8 Å². The molecular weight excluding hydrogens is 306 g/mol. The van der Waals surface area contributed by atoms with Gasteiger partial charge in [0.05, 0.1) is 6.07 Å². The van der Waals surface area contributed by atoms with Gasteiger partial charge in [0.25, 0.3) is 0 Å². The molecule has 0 saturated carbocycles. The smallest absolute Gasteiger partial charge is 0.309 e. The van der Waals surface area contributed by atoms with Gasteiger partial charge in [-0.3, -0.25) is 9.59 Å². The zero-order chi connectivity index (χ0) is 17.9. The van der Waals surface area contributed by atoms with E-state index in [1.807, 2.05) is 6.07 Å². The van der Waals surface area contributed by atoms with E-state index in [2.05, 4.69) is 22.8 Å². The van der Waals surface area contributed by atoms with E-state index in [1.54, 1.807) is 0 Å². The zero-order valence-electron chi connectivity index (χ0n) is 14.8. The number of carbonyl (C=O) groups is 2. The number of allylic oxidation sites excluding steroid dienone is 2. The van der Waals surface area contributed by atoms with Crippen molar-refractivity contribution in [1.29, 1.82) is 5.26 Å². The fraction of sp³-hybridized carbons (Fsp3) is 0.722. The molecule has 0 radical (unpaired) electrons. The van der Waals surface area contributed by atoms with Crippen LogP contribution in [0.1, 0.15) is 57.8 Å². The normalized spacial score (nSPS) is 10.5. The predicted molar refractivity (Wildman–Crippen MR) is 94.2 cm³/mol. The molecule has 0 saturated heterocycles. The van der Waals surface area contributed by atoms with Gasteiger partial charge in [-0.2, -0.15) is 5.26 Å². The molecular formula is C18H31N3O3. The van der Waals surface area contributed by atoms with E-state index in [4.69, 9.17) is 10.00 Å². The van der Waals surface area contributed by atoms with Crippen LogP contribution in [-0.2, 0) is 14.3 Å². The molecule has 0 aliphatic carbocycles. The highest BCUT2D eigenvalue weighted by Crippen LogP contribution is 2.06. The van der Waals surface area contributed by atoms with E-state index >= 15 is 0 Å². The van der Waals surface area contributed by atoms with Crippen LogP contribution in [0.25, 0.3) is 0 Å². The molecule has 0 atom stereocenters. The van der Waals surface area contributed by atoms with Crippen LogP contribution in [0.3, 0.4) is 0 Å². The second kappa shape index (κ2) is 17.5. The number of nitriles is 1. The minimum atomic E-state index is -0.593. The Hall–Kier alpha value is -1.87. The van der Waals surface area contributed by atoms with Crippen molar-refractivity contribution in [3.63, 3.8) is 0 Å². The SMILES string of the molecule is CNC(=O)C(=O)NCCCCC=CCCCCCCCOCC#N. The van der Waals surface area contributed by atoms with E-state index in [0.29, 0.717) is 13.2 Å². The van der Waals surface area contributed by atoms with Crippen LogP contribution in [0.5, 0.6) is 0 Å². The Morgan fingerprint density at radius 3 is 2.25 bits per heavy atom. The van der Waals surface area contributed by atoms with Crippen LogP contribution in [0.2, 0.25) is 0 Å². The van der Waals surface area contributed by atoms with Crippen molar-refractivity contribution in [2.45, 2.75) is 57.8 Å². The number of unbranched alkanes of at least 4 members (excludes halogenated alkanes) is 7. The lowest BCUT2D eigenvalue weighted by atomic mass is 10.1. The zero-order valence-corrected chi connectivity index (χ0v) is 14.8. The molecule has 136 valence electrons. The van der Waals surface area contributed by atoms with Crippen LogP contribution < -0.4 is 10.6 Å². The highest BCUT2D eigenvalue weighted by atomic mass is 16.5. The first kappa shape index (κ1) is 22.1. The number of rotatable bonds is 14. The largest absolute Gasteiger partial charge is 0.367 e. The van der Waals surface area contributed by atoms with Crippen molar-refractivity contribution in [2.75, 3.05) is 26.8 Å². The van der Waals surface area contributed by atoms with E-state index in [9.17, 15) is 9.59 Å². The summed E-state index contributed by atoms with van der Waals surface area (Å²) in [6, 6.07) is 1.96. The molecule has 0 bridgehead atoms. The molecule has 0 unspecified atom stereocenters. The first-order chi connectivity index (χ1) is 11.7. The van der Waals surface area contributed by atoms with Gasteiger partial charge in [-0.25, -0.2) is 0 Å². The third-order valence-electron chi connectivity index (χ3n) is 3.51. The highest BCUT2D eigenvalue weighted by Gasteiger charge is 2.08. The molecule has 0 aromatic carbocycles. The van der Waals surface area contributed by atoms with Gasteiger partial charge in [0.1, 0.15) is 6.61 Å². The highest BCUT2D eigenvalue weighted by molar-refractivity contribution is 6.34. The molecule has 2 N–H and O–H groups in total. The monoisotopic (exact) mass is 337 g/mol. The quantitative estimate of drug-likeness (QED) is 0.289. The standard InChI is InChI=1S/C18H31N3O3/c1-20-17(22)18(23)21-14-11-9-7-5-3-2-4-6-8-10-12-15-24-16-13-19/h3,5H,2,4,6-12,14-16H2,1H3,(H,20,22)(H,21,23). The number of nitrogens with zero attached hydrogens (tertiary/aromatic N) is 1. The van der Waals surface area contributed by atoms with Crippen LogP contribution in [-0.4, -0.2) is 38.6 Å². The topological polar surface area (TPSA) is 91.2 Å². The lowest BCUT2D eigenvalue weighted by Gasteiger charge is -2.02. The Balaban J connectivity index is 3.23. The molecule has 0 aliphatic rings. The minimum absolute atomic E-state index is 0.200. The summed E-state index contributed by atoms with van der Waals surface area (Å²) in [5.74, 6) is -1.16. The van der Waals surface area contributed by atoms with Crippen LogP contribution in [0.15, 0.2) is 12.2 Å². The van der Waals surface area contributed by atoms with Crippen LogP contribution in [0.4, 0.5) is 0 Å². The van der Waals surface area contributed by atoms with Gasteiger partial charge in [0.15, 0.2) is 0 Å². The first-order valence-corrected chi connectivity index (χ1v) is 8.82. The van der Waals surface area contributed by atoms with E-state index in [0.717, 1.165) is 38.5 Å². The molecule has 6 heteroatoms. The second-order valence-electron chi connectivity index (χ2n) is 5.57. The van der Waals surface area contributed by atoms with Crippen LogP contribution in [0, 0.1) is 11.3 Å². The number of hydrogen-bond acceptors (Lipinski definition) is 4. The van der Waals surface area contributed by atoms with Crippen molar-refractivity contribution in [3.8, 4) is 6.07 Å². The lowest BCUT2D eigenvalue weighted by Crippen LogP contribution is -2.38. The van der Waals surface area contributed by atoms with Gasteiger partial charge in [-0.05, 0) is 38.5 Å². The summed E-state index contributed by atoms with van der Waals surface area (Å²) < 4.78 is 5.10. The Morgan fingerprint density at radius 2 is 1.58 bits per heavy atom. The summed E-state index contributed by atoms with van der Waals surface area (Å²) >= 11 is 0. The third kappa shape index (κ3) is 15.0. The van der Waals surface area contributed by atoms with Gasteiger partial charge in [0.2, 0.25) is 0 Å². The molecule has 0 spiro atoms. The molecule has 2 amide bonds. The molecule has 0 aromatic rings. The van der Waals surface area contributed by atoms with Crippen molar-refractivity contribution in [3.05, 3.63) is 12.2 Å². The Kier molecular flexibility index (Phi) is 16.1.